The van der Waals surface area contributed by atoms with Crippen molar-refractivity contribution in [3.8, 4) is 0 Å². The fraction of sp³-hybridized carbons (Fsp3) is 0.870. The average Bonchev–Trinajstić information content (AvgIpc) is 3.18. The van der Waals surface area contributed by atoms with Gasteiger partial charge in [0.25, 0.3) is 0 Å². The van der Waals surface area contributed by atoms with Crippen molar-refractivity contribution in [1.29, 1.82) is 0 Å². The van der Waals surface area contributed by atoms with Gasteiger partial charge < -0.3 is 64.2 Å². The normalized spacial score (nSPS) is 50.4. The van der Waals surface area contributed by atoms with Crippen LogP contribution in [-0.4, -0.2) is 141 Å². The lowest BCUT2D eigenvalue weighted by atomic mass is 9.35. The van der Waals surface area contributed by atoms with Gasteiger partial charge in [-0.3, -0.25) is 9.59 Å². The summed E-state index contributed by atoms with van der Waals surface area (Å²) in [6.07, 6.45) is -5.17. The molecule has 0 unspecified atom stereocenters. The van der Waals surface area contributed by atoms with E-state index < -0.39 is 103 Å². The SMILES string of the molecule is CC(=O)OC[C@H]1O[C@@H](O[C@H]2[C@@H](O)[C@@H](C)O[C@@H](O[C@H]3CC[C@@]4(C)[C@@H](CC[C@]5(C)[C@@H]4C=CC4=C6CC(C)(C)CC[C@]6(CO)[C@H](O)C[C@]45C)[C@]3(C)CO)[C@@H]2O)[C@H](O)[C@@H](OC(C)=O)[C@@H]1O. The summed E-state index contributed by atoms with van der Waals surface area (Å²) < 4.78 is 34.9. The second-order valence-corrected chi connectivity index (χ2v) is 21.5. The summed E-state index contributed by atoms with van der Waals surface area (Å²) in [6, 6.07) is 0. The number of rotatable bonds is 9. The predicted octanol–water partition coefficient (Wildman–Crippen LogP) is 2.82. The molecule has 0 amide bonds. The molecule has 7 rings (SSSR count). The Kier molecular flexibility index (Phi) is 12.7. The lowest BCUT2D eigenvalue weighted by Crippen LogP contribution is -2.67. The van der Waals surface area contributed by atoms with E-state index in [2.05, 4.69) is 46.8 Å². The fourth-order valence-electron chi connectivity index (χ4n) is 13.5. The molecule has 61 heavy (non-hydrogen) atoms. The van der Waals surface area contributed by atoms with E-state index in [0.717, 1.165) is 45.4 Å². The molecule has 15 heteroatoms. The summed E-state index contributed by atoms with van der Waals surface area (Å²) in [5.74, 6) is -1.37. The summed E-state index contributed by atoms with van der Waals surface area (Å²) in [7, 11) is 0. The van der Waals surface area contributed by atoms with Crippen molar-refractivity contribution in [1.82, 2.24) is 0 Å². The molecule has 0 radical (unpaired) electrons. The van der Waals surface area contributed by atoms with Crippen LogP contribution in [0.3, 0.4) is 0 Å². The lowest BCUT2D eigenvalue weighted by Gasteiger charge is -2.70. The van der Waals surface area contributed by atoms with E-state index in [-0.39, 0.29) is 46.7 Å². The van der Waals surface area contributed by atoms with E-state index in [0.29, 0.717) is 12.8 Å². The molecule has 0 aromatic rings. The van der Waals surface area contributed by atoms with Crippen molar-refractivity contribution in [2.24, 2.45) is 44.3 Å². The Morgan fingerprint density at radius 2 is 1.46 bits per heavy atom. The molecule has 2 heterocycles. The molecule has 2 saturated heterocycles. The largest absolute Gasteiger partial charge is 0.463 e. The highest BCUT2D eigenvalue weighted by molar-refractivity contribution is 5.66. The third kappa shape index (κ3) is 7.47. The standard InChI is InChI=1S/C46H72O15/c1-23-33(52)37(61-40-36(55)38(58-25(3)50)34(53)28(59-40)20-56-24(2)49)35(54)39(57-23)60-32-13-14-42(6)29(43(32,7)21-47)12-15-44(8)30(42)11-10-26-27-18-41(4,5)16-17-46(27,22-48)31(51)19-45(26,44)9/h10-11,23,28-40,47-48,51-55H,12-22H2,1-9H3/t23-,28-,29-,30-,31-,32+,33+,34-,35-,36-,37+,38+,39+,40+,42+,43+,44-,45-,46-/m1/s1. The monoisotopic (exact) mass is 864 g/mol. The Bertz CT molecular complexity index is 1730. The van der Waals surface area contributed by atoms with E-state index >= 15 is 0 Å². The van der Waals surface area contributed by atoms with E-state index in [4.69, 9.17) is 28.4 Å². The fourth-order valence-corrected chi connectivity index (χ4v) is 13.5. The number of hydrogen-bond acceptors (Lipinski definition) is 15. The number of fused-ring (bicyclic) bond motifs is 6. The van der Waals surface area contributed by atoms with Gasteiger partial charge in [0, 0.05) is 30.1 Å². The van der Waals surface area contributed by atoms with Crippen molar-refractivity contribution in [2.75, 3.05) is 19.8 Å². The zero-order valence-corrected chi connectivity index (χ0v) is 37.4. The van der Waals surface area contributed by atoms with Crippen LogP contribution < -0.4 is 0 Å². The second kappa shape index (κ2) is 16.4. The smallest absolute Gasteiger partial charge is 0.303 e. The van der Waals surface area contributed by atoms with Gasteiger partial charge in [0.15, 0.2) is 18.7 Å². The summed E-state index contributed by atoms with van der Waals surface area (Å²) >= 11 is 0. The van der Waals surface area contributed by atoms with Crippen molar-refractivity contribution in [3.63, 3.8) is 0 Å². The highest BCUT2D eigenvalue weighted by atomic mass is 16.7. The number of esters is 2. The van der Waals surface area contributed by atoms with Gasteiger partial charge >= 0.3 is 11.9 Å². The zero-order chi connectivity index (χ0) is 44.8. The van der Waals surface area contributed by atoms with Crippen LogP contribution in [0.1, 0.15) is 114 Å². The van der Waals surface area contributed by atoms with Crippen molar-refractivity contribution in [3.05, 3.63) is 23.3 Å². The van der Waals surface area contributed by atoms with Crippen LogP contribution >= 0.6 is 0 Å². The molecule has 7 aliphatic rings. The Balaban J connectivity index is 1.13. The van der Waals surface area contributed by atoms with Crippen LogP contribution in [0.4, 0.5) is 0 Å². The minimum Gasteiger partial charge on any atom is -0.463 e. The molecule has 0 aromatic heterocycles. The van der Waals surface area contributed by atoms with Gasteiger partial charge in [0.1, 0.15) is 43.2 Å². The van der Waals surface area contributed by atoms with Gasteiger partial charge in [-0.25, -0.2) is 0 Å². The summed E-state index contributed by atoms with van der Waals surface area (Å²) in [5, 5.41) is 79.4. The molecule has 3 saturated carbocycles. The average molecular weight is 865 g/mol. The van der Waals surface area contributed by atoms with Gasteiger partial charge in [0.2, 0.25) is 0 Å². The van der Waals surface area contributed by atoms with Crippen LogP contribution in [-0.2, 0) is 38.0 Å². The molecular formula is C46H72O15. The first-order chi connectivity index (χ1) is 28.4. The summed E-state index contributed by atoms with van der Waals surface area (Å²) in [6.45, 7) is 16.8. The molecular weight excluding hydrogens is 792 g/mol. The lowest BCUT2D eigenvalue weighted by molar-refractivity contribution is -0.367. The molecule has 0 spiro atoms. The maximum atomic E-state index is 12.0. The highest BCUT2D eigenvalue weighted by Gasteiger charge is 2.69. The minimum absolute atomic E-state index is 0.0108. The third-order valence-corrected chi connectivity index (χ3v) is 17.4. The Hall–Kier alpha value is -2.02. The first kappa shape index (κ1) is 47.0. The van der Waals surface area contributed by atoms with Crippen LogP contribution in [0.5, 0.6) is 0 Å². The van der Waals surface area contributed by atoms with Gasteiger partial charge in [0.05, 0.1) is 31.5 Å². The van der Waals surface area contributed by atoms with Gasteiger partial charge in [-0.15, -0.1) is 0 Å². The Morgan fingerprint density at radius 3 is 2.10 bits per heavy atom. The number of allylic oxidation sites excluding steroid dienone is 3. The van der Waals surface area contributed by atoms with E-state index in [1.165, 1.54) is 18.1 Å². The highest BCUT2D eigenvalue weighted by Crippen LogP contribution is 2.74. The van der Waals surface area contributed by atoms with Crippen LogP contribution in [0.25, 0.3) is 0 Å². The Labute approximate surface area is 359 Å². The van der Waals surface area contributed by atoms with E-state index in [1.807, 2.05) is 6.92 Å². The van der Waals surface area contributed by atoms with Crippen molar-refractivity contribution < 1.29 is 73.8 Å². The first-order valence-electron chi connectivity index (χ1n) is 22.4. The molecule has 0 bridgehead atoms. The predicted molar refractivity (Wildman–Crippen MR) is 218 cm³/mol. The number of carbonyl (C=O) groups is 2. The second-order valence-electron chi connectivity index (χ2n) is 21.5. The topological polar surface area (TPSA) is 231 Å². The molecule has 5 fully saturated rings. The van der Waals surface area contributed by atoms with Crippen LogP contribution in [0, 0.1) is 44.3 Å². The molecule has 15 nitrogen and oxygen atoms in total. The van der Waals surface area contributed by atoms with E-state index in [9.17, 15) is 45.3 Å². The van der Waals surface area contributed by atoms with Crippen molar-refractivity contribution >= 4 is 11.9 Å². The van der Waals surface area contributed by atoms with Crippen LogP contribution in [0.2, 0.25) is 0 Å². The minimum atomic E-state index is -1.76. The molecule has 2 aliphatic heterocycles. The Morgan fingerprint density at radius 1 is 0.787 bits per heavy atom. The first-order valence-corrected chi connectivity index (χ1v) is 22.4. The number of hydrogen-bond donors (Lipinski definition) is 7. The number of ether oxygens (including phenoxy) is 6. The molecule has 5 aliphatic carbocycles. The van der Waals surface area contributed by atoms with Gasteiger partial charge in [-0.05, 0) is 91.9 Å². The molecule has 19 atom stereocenters. The number of carbonyl (C=O) groups excluding carboxylic acids is 2. The quantitative estimate of drug-likeness (QED) is 0.131. The maximum absolute atomic E-state index is 12.0. The summed E-state index contributed by atoms with van der Waals surface area (Å²) in [4.78, 5) is 23.5. The van der Waals surface area contributed by atoms with Gasteiger partial charge in [-0.2, -0.15) is 0 Å². The van der Waals surface area contributed by atoms with E-state index in [1.54, 1.807) is 6.92 Å². The number of aliphatic hydroxyl groups is 7. The summed E-state index contributed by atoms with van der Waals surface area (Å²) in [5.41, 5.74) is 0.301. The molecule has 346 valence electrons. The number of aliphatic hydroxyl groups excluding tert-OH is 7. The maximum Gasteiger partial charge on any atom is 0.303 e. The van der Waals surface area contributed by atoms with Crippen LogP contribution in [0.15, 0.2) is 23.3 Å². The van der Waals surface area contributed by atoms with Crippen molar-refractivity contribution in [2.45, 2.75) is 187 Å². The van der Waals surface area contributed by atoms with Gasteiger partial charge in [-0.1, -0.05) is 59.3 Å². The zero-order valence-electron chi connectivity index (χ0n) is 37.4. The third-order valence-electron chi connectivity index (χ3n) is 17.4. The molecule has 0 aromatic carbocycles. The molecule has 7 N–H and O–H groups in total.